The number of methoxy groups -OCH3 is 1. The van der Waals surface area contributed by atoms with Gasteiger partial charge in [-0.3, -0.25) is 10.1 Å². The normalized spacial score (nSPS) is 12.2. The minimum atomic E-state index is -0.929. The van der Waals surface area contributed by atoms with Crippen LogP contribution in [0.1, 0.15) is 11.6 Å². The standard InChI is InChI=1S/C9H11BrN2O5/c1-17-9-7(12(15)16)4(6(11)3-13)2-5(10)8(9)14/h2,6,13-14H,3,11H2,1H3/t6-/m0/s1. The van der Waals surface area contributed by atoms with E-state index in [0.717, 1.165) is 0 Å². The van der Waals surface area contributed by atoms with E-state index in [0.29, 0.717) is 0 Å². The smallest absolute Gasteiger partial charge is 0.319 e. The maximum Gasteiger partial charge on any atom is 0.319 e. The van der Waals surface area contributed by atoms with E-state index in [2.05, 4.69) is 15.9 Å². The van der Waals surface area contributed by atoms with Crippen molar-refractivity contribution >= 4 is 21.6 Å². The van der Waals surface area contributed by atoms with E-state index in [9.17, 15) is 15.2 Å². The van der Waals surface area contributed by atoms with Crippen LogP contribution in [0.4, 0.5) is 5.69 Å². The minimum absolute atomic E-state index is 0.0824. The molecule has 0 amide bonds. The van der Waals surface area contributed by atoms with Crippen LogP contribution in [0.5, 0.6) is 11.5 Å². The highest BCUT2D eigenvalue weighted by Crippen LogP contribution is 2.45. The van der Waals surface area contributed by atoms with Crippen LogP contribution in [-0.4, -0.2) is 28.9 Å². The summed E-state index contributed by atoms with van der Waals surface area (Å²) < 4.78 is 5.00. The summed E-state index contributed by atoms with van der Waals surface area (Å²) in [6, 6.07) is 0.359. The maximum absolute atomic E-state index is 10.9. The third-order valence-corrected chi connectivity index (χ3v) is 2.80. The average molecular weight is 307 g/mol. The molecule has 1 atom stereocenters. The molecule has 0 aromatic heterocycles. The number of hydrogen-bond acceptors (Lipinski definition) is 6. The molecule has 0 aliphatic carbocycles. The Kier molecular flexibility index (Phi) is 4.27. The Hall–Kier alpha value is -1.38. The number of nitro benzene ring substituents is 1. The van der Waals surface area contributed by atoms with Gasteiger partial charge in [-0.1, -0.05) is 0 Å². The molecule has 4 N–H and O–H groups in total. The molecular formula is C9H11BrN2O5. The van der Waals surface area contributed by atoms with Gasteiger partial charge < -0.3 is 20.7 Å². The highest BCUT2D eigenvalue weighted by Gasteiger charge is 2.29. The Bertz CT molecular complexity index is 452. The van der Waals surface area contributed by atoms with Crippen LogP contribution in [0.15, 0.2) is 10.5 Å². The first-order valence-corrected chi connectivity index (χ1v) is 5.33. The second kappa shape index (κ2) is 5.30. The number of ether oxygens (including phenoxy) is 1. The highest BCUT2D eigenvalue weighted by atomic mass is 79.9. The molecule has 0 aliphatic rings. The number of halogens is 1. The van der Waals surface area contributed by atoms with Gasteiger partial charge in [0.15, 0.2) is 5.75 Å². The zero-order chi connectivity index (χ0) is 13.2. The number of aromatic hydroxyl groups is 1. The van der Waals surface area contributed by atoms with Gasteiger partial charge in [0.1, 0.15) is 0 Å². The first-order valence-electron chi connectivity index (χ1n) is 4.54. The summed E-state index contributed by atoms with van der Waals surface area (Å²) in [5, 5.41) is 29.5. The van der Waals surface area contributed by atoms with E-state index in [1.54, 1.807) is 0 Å². The number of aliphatic hydroxyl groups excluding tert-OH is 1. The molecule has 0 saturated carbocycles. The SMILES string of the molecule is COc1c(O)c(Br)cc([C@@H](N)CO)c1[N+](=O)[O-]. The second-order valence-electron chi connectivity index (χ2n) is 3.22. The number of rotatable bonds is 4. The van der Waals surface area contributed by atoms with Gasteiger partial charge in [0, 0.05) is 0 Å². The summed E-state index contributed by atoms with van der Waals surface area (Å²) in [6.07, 6.45) is 0. The van der Waals surface area contributed by atoms with Crippen LogP contribution in [0.25, 0.3) is 0 Å². The number of aliphatic hydroxyl groups is 1. The lowest BCUT2D eigenvalue weighted by Crippen LogP contribution is -2.16. The van der Waals surface area contributed by atoms with Crippen LogP contribution in [0, 0.1) is 10.1 Å². The second-order valence-corrected chi connectivity index (χ2v) is 4.08. The zero-order valence-corrected chi connectivity index (χ0v) is 10.5. The van der Waals surface area contributed by atoms with Gasteiger partial charge in [-0.05, 0) is 22.0 Å². The van der Waals surface area contributed by atoms with Crippen molar-refractivity contribution in [2.24, 2.45) is 5.73 Å². The third kappa shape index (κ3) is 2.48. The third-order valence-electron chi connectivity index (χ3n) is 2.19. The molecule has 1 rings (SSSR count). The van der Waals surface area contributed by atoms with Crippen molar-refractivity contribution in [2.45, 2.75) is 6.04 Å². The quantitative estimate of drug-likeness (QED) is 0.565. The van der Waals surface area contributed by atoms with Crippen LogP contribution in [0.2, 0.25) is 0 Å². The number of hydrogen-bond donors (Lipinski definition) is 3. The Morgan fingerprint density at radius 3 is 2.71 bits per heavy atom. The number of phenols is 1. The summed E-state index contributed by atoms with van der Waals surface area (Å²) in [5.74, 6) is -0.670. The lowest BCUT2D eigenvalue weighted by Gasteiger charge is -2.13. The molecule has 1 aromatic carbocycles. The van der Waals surface area contributed by atoms with Gasteiger partial charge in [0.25, 0.3) is 0 Å². The van der Waals surface area contributed by atoms with Crippen molar-refractivity contribution in [3.63, 3.8) is 0 Å². The largest absolute Gasteiger partial charge is 0.503 e. The Balaban J connectivity index is 3.59. The molecule has 0 spiro atoms. The van der Waals surface area contributed by atoms with Crippen LogP contribution < -0.4 is 10.5 Å². The highest BCUT2D eigenvalue weighted by molar-refractivity contribution is 9.10. The fourth-order valence-electron chi connectivity index (χ4n) is 1.39. The van der Waals surface area contributed by atoms with E-state index >= 15 is 0 Å². The van der Waals surface area contributed by atoms with Crippen molar-refractivity contribution < 1.29 is 19.9 Å². The molecule has 0 aliphatic heterocycles. The van der Waals surface area contributed by atoms with Crippen LogP contribution >= 0.6 is 15.9 Å². The first kappa shape index (κ1) is 13.7. The summed E-state index contributed by atoms with van der Waals surface area (Å²) in [4.78, 5) is 10.2. The number of nitrogens with zero attached hydrogens (tertiary/aromatic N) is 1. The summed E-state index contributed by atoms with van der Waals surface area (Å²) >= 11 is 3.03. The average Bonchev–Trinajstić information content (AvgIpc) is 2.30. The van der Waals surface area contributed by atoms with Gasteiger partial charge in [-0.15, -0.1) is 0 Å². The molecule has 0 bridgehead atoms. The summed E-state index contributed by atoms with van der Waals surface area (Å²) in [7, 11) is 1.20. The first-order chi connectivity index (χ1) is 7.93. The van der Waals surface area contributed by atoms with Crippen molar-refractivity contribution in [1.29, 1.82) is 0 Å². The van der Waals surface area contributed by atoms with Crippen molar-refractivity contribution in [2.75, 3.05) is 13.7 Å². The van der Waals surface area contributed by atoms with E-state index in [-0.39, 0.29) is 21.5 Å². The Labute approximate surface area is 105 Å². The van der Waals surface area contributed by atoms with Crippen LogP contribution in [-0.2, 0) is 0 Å². The summed E-state index contributed by atoms with van der Waals surface area (Å²) in [6.45, 7) is -0.457. The Morgan fingerprint density at radius 1 is 1.71 bits per heavy atom. The topological polar surface area (TPSA) is 119 Å². The van der Waals surface area contributed by atoms with Gasteiger partial charge in [0.05, 0.1) is 34.7 Å². The molecule has 0 heterocycles. The van der Waals surface area contributed by atoms with Crippen molar-refractivity contribution in [1.82, 2.24) is 0 Å². The minimum Gasteiger partial charge on any atom is -0.503 e. The molecule has 17 heavy (non-hydrogen) atoms. The van der Waals surface area contributed by atoms with E-state index < -0.39 is 23.3 Å². The molecule has 0 fully saturated rings. The molecule has 94 valence electrons. The molecule has 0 unspecified atom stereocenters. The Morgan fingerprint density at radius 2 is 2.29 bits per heavy atom. The molecule has 0 radical (unpaired) electrons. The molecule has 8 heteroatoms. The molecule has 7 nitrogen and oxygen atoms in total. The summed E-state index contributed by atoms with van der Waals surface area (Å²) in [5.41, 5.74) is 5.20. The van der Waals surface area contributed by atoms with E-state index in [4.69, 9.17) is 15.6 Å². The van der Waals surface area contributed by atoms with E-state index in [1.165, 1.54) is 13.2 Å². The van der Waals surface area contributed by atoms with Gasteiger partial charge in [-0.25, -0.2) is 0 Å². The van der Waals surface area contributed by atoms with Gasteiger partial charge in [0.2, 0.25) is 5.75 Å². The maximum atomic E-state index is 10.9. The predicted molar refractivity (Wildman–Crippen MR) is 63.0 cm³/mol. The number of nitrogens with two attached hydrogens (primary N) is 1. The van der Waals surface area contributed by atoms with Crippen molar-refractivity contribution in [3.05, 3.63) is 26.2 Å². The number of benzene rings is 1. The zero-order valence-electron chi connectivity index (χ0n) is 8.88. The van der Waals surface area contributed by atoms with Crippen molar-refractivity contribution in [3.8, 4) is 11.5 Å². The fraction of sp³-hybridized carbons (Fsp3) is 0.333. The molecule has 1 aromatic rings. The monoisotopic (exact) mass is 306 g/mol. The number of phenolic OH excluding ortho intramolecular Hbond substituents is 1. The number of nitro groups is 1. The lowest BCUT2D eigenvalue weighted by molar-refractivity contribution is -0.386. The van der Waals surface area contributed by atoms with Gasteiger partial charge in [-0.2, -0.15) is 0 Å². The molecule has 0 saturated heterocycles. The van der Waals surface area contributed by atoms with Crippen LogP contribution in [0.3, 0.4) is 0 Å². The fourth-order valence-corrected chi connectivity index (χ4v) is 1.81. The molecular weight excluding hydrogens is 296 g/mol. The van der Waals surface area contributed by atoms with E-state index in [1.807, 2.05) is 0 Å². The van der Waals surface area contributed by atoms with Gasteiger partial charge >= 0.3 is 5.69 Å². The predicted octanol–water partition coefficient (Wildman–Crippen LogP) is 1.06. The lowest BCUT2D eigenvalue weighted by atomic mass is 10.0.